The average Bonchev–Trinajstić information content (AvgIpc) is 3.43. The molecule has 4 nitrogen and oxygen atoms in total. The second kappa shape index (κ2) is 9.37. The highest BCUT2D eigenvalue weighted by atomic mass is 35.5. The van der Waals surface area contributed by atoms with Crippen molar-refractivity contribution < 1.29 is 9.59 Å². The zero-order chi connectivity index (χ0) is 23.9. The first-order valence-corrected chi connectivity index (χ1v) is 13.2. The smallest absolute Gasteiger partial charge is 0.228 e. The number of halogens is 2. The molecule has 2 aromatic carbocycles. The van der Waals surface area contributed by atoms with E-state index >= 15 is 0 Å². The third-order valence-electron chi connectivity index (χ3n) is 7.21. The molecule has 5 rings (SSSR count). The number of anilines is 1. The van der Waals surface area contributed by atoms with Crippen molar-refractivity contribution in [1.82, 2.24) is 5.32 Å². The van der Waals surface area contributed by atoms with Gasteiger partial charge in [0, 0.05) is 39.0 Å². The molecule has 1 saturated heterocycles. The topological polar surface area (TPSA) is 49.4 Å². The Morgan fingerprint density at radius 3 is 2.38 bits per heavy atom. The Balaban J connectivity index is 1.40. The number of carbonyl (C=O) groups excluding carboxylic acids is 2. The summed E-state index contributed by atoms with van der Waals surface area (Å²) in [5.41, 5.74) is 2.61. The zero-order valence-electron chi connectivity index (χ0n) is 18.9. The maximum Gasteiger partial charge on any atom is 0.228 e. The number of nitrogens with one attached hydrogen (secondary N) is 1. The van der Waals surface area contributed by atoms with E-state index in [0.29, 0.717) is 16.6 Å². The Morgan fingerprint density at radius 2 is 1.79 bits per heavy atom. The minimum atomic E-state index is -0.466. The second-order valence-corrected chi connectivity index (χ2v) is 11.1. The molecule has 2 amide bonds. The van der Waals surface area contributed by atoms with E-state index in [1.165, 1.54) is 0 Å². The number of hydrogen-bond donors (Lipinski definition) is 1. The molecule has 0 bridgehead atoms. The molecule has 7 heteroatoms. The summed E-state index contributed by atoms with van der Waals surface area (Å²) < 4.78 is 0. The molecule has 34 heavy (non-hydrogen) atoms. The summed E-state index contributed by atoms with van der Waals surface area (Å²) in [5.74, 6) is -0.600. The Morgan fingerprint density at radius 1 is 1.09 bits per heavy atom. The van der Waals surface area contributed by atoms with Crippen LogP contribution in [0, 0.1) is 12.8 Å². The molecule has 1 N–H and O–H groups in total. The summed E-state index contributed by atoms with van der Waals surface area (Å²) in [6, 6.07) is 17.1. The summed E-state index contributed by atoms with van der Waals surface area (Å²) in [5, 5.41) is 6.45. The standard InChI is InChI=1S/C27H26Cl2N2O2S/c1-17-8-10-18(11-9-17)31-23(32)15-19(25(31)22-7-3-14-34-22)26(33)30-16-27(12-4-13-27)24-20(28)5-2-6-21(24)29/h2-3,5-11,14,19,25H,4,12-13,15-16H2,1H3,(H,30,33). The molecule has 1 aliphatic carbocycles. The van der Waals surface area contributed by atoms with E-state index < -0.39 is 5.92 Å². The van der Waals surface area contributed by atoms with Crippen molar-refractivity contribution in [1.29, 1.82) is 0 Å². The fourth-order valence-corrected chi connectivity index (χ4v) is 6.95. The average molecular weight is 513 g/mol. The van der Waals surface area contributed by atoms with Crippen LogP contribution >= 0.6 is 34.5 Å². The number of rotatable bonds is 6. The van der Waals surface area contributed by atoms with E-state index in [4.69, 9.17) is 23.2 Å². The molecule has 2 unspecified atom stereocenters. The quantitative estimate of drug-likeness (QED) is 0.399. The van der Waals surface area contributed by atoms with Crippen LogP contribution in [-0.4, -0.2) is 18.4 Å². The number of aryl methyl sites for hydroxylation is 1. The van der Waals surface area contributed by atoms with Gasteiger partial charge in [0.05, 0.1) is 12.0 Å². The molecule has 1 aliphatic heterocycles. The first-order valence-electron chi connectivity index (χ1n) is 11.5. The van der Waals surface area contributed by atoms with Gasteiger partial charge in [-0.05, 0) is 61.0 Å². The van der Waals surface area contributed by atoms with Crippen molar-refractivity contribution >= 4 is 52.0 Å². The van der Waals surface area contributed by atoms with Gasteiger partial charge in [-0.2, -0.15) is 0 Å². The largest absolute Gasteiger partial charge is 0.355 e. The molecule has 2 fully saturated rings. The highest BCUT2D eigenvalue weighted by Gasteiger charge is 2.47. The van der Waals surface area contributed by atoms with Crippen LogP contribution < -0.4 is 10.2 Å². The van der Waals surface area contributed by atoms with E-state index in [2.05, 4.69) is 5.32 Å². The molecule has 176 valence electrons. The van der Waals surface area contributed by atoms with Crippen molar-refractivity contribution in [2.45, 2.75) is 44.1 Å². The molecular weight excluding hydrogens is 487 g/mol. The van der Waals surface area contributed by atoms with Crippen LogP contribution in [0.5, 0.6) is 0 Å². The first kappa shape index (κ1) is 23.4. The minimum absolute atomic E-state index is 0.0325. The highest BCUT2D eigenvalue weighted by Crippen LogP contribution is 2.49. The number of thiophene rings is 1. The van der Waals surface area contributed by atoms with Crippen LogP contribution in [0.3, 0.4) is 0 Å². The summed E-state index contributed by atoms with van der Waals surface area (Å²) in [7, 11) is 0. The van der Waals surface area contributed by atoms with Crippen LogP contribution in [0.15, 0.2) is 60.0 Å². The number of hydrogen-bond acceptors (Lipinski definition) is 3. The molecule has 2 aliphatic rings. The Labute approximate surface area is 213 Å². The van der Waals surface area contributed by atoms with Gasteiger partial charge in [0.25, 0.3) is 0 Å². The summed E-state index contributed by atoms with van der Waals surface area (Å²) in [6.07, 6.45) is 3.09. The van der Waals surface area contributed by atoms with E-state index in [-0.39, 0.29) is 29.7 Å². The molecular formula is C27H26Cl2N2O2S. The molecule has 0 radical (unpaired) electrons. The maximum atomic E-state index is 13.6. The maximum absolute atomic E-state index is 13.6. The lowest BCUT2D eigenvalue weighted by Gasteiger charge is -2.43. The molecule has 1 saturated carbocycles. The Hall–Kier alpha value is -2.34. The normalized spacial score (nSPS) is 21.4. The summed E-state index contributed by atoms with van der Waals surface area (Å²) in [4.78, 5) is 29.5. The summed E-state index contributed by atoms with van der Waals surface area (Å²) >= 11 is 14.6. The lowest BCUT2D eigenvalue weighted by atomic mass is 9.64. The van der Waals surface area contributed by atoms with Crippen LogP contribution in [0.4, 0.5) is 5.69 Å². The van der Waals surface area contributed by atoms with Crippen molar-refractivity contribution in [3.05, 3.63) is 86.0 Å². The number of nitrogens with zero attached hydrogens (tertiary/aromatic N) is 1. The molecule has 1 aromatic heterocycles. The molecule has 2 heterocycles. The van der Waals surface area contributed by atoms with Gasteiger partial charge in [-0.3, -0.25) is 9.59 Å². The molecule has 2 atom stereocenters. The van der Waals surface area contributed by atoms with Gasteiger partial charge in [0.15, 0.2) is 0 Å². The third kappa shape index (κ3) is 4.15. The number of carbonyl (C=O) groups is 2. The van der Waals surface area contributed by atoms with Crippen LogP contribution in [0.1, 0.15) is 47.7 Å². The highest BCUT2D eigenvalue weighted by molar-refractivity contribution is 7.10. The molecule has 3 aromatic rings. The number of benzene rings is 2. The lowest BCUT2D eigenvalue weighted by molar-refractivity contribution is -0.127. The fraction of sp³-hybridized carbons (Fsp3) is 0.333. The Kier molecular flexibility index (Phi) is 6.45. The zero-order valence-corrected chi connectivity index (χ0v) is 21.2. The van der Waals surface area contributed by atoms with Crippen LogP contribution in [0.2, 0.25) is 10.0 Å². The van der Waals surface area contributed by atoms with Crippen molar-refractivity contribution in [3.8, 4) is 0 Å². The second-order valence-electron chi connectivity index (χ2n) is 9.32. The van der Waals surface area contributed by atoms with Gasteiger partial charge in [0.1, 0.15) is 0 Å². The third-order valence-corrected chi connectivity index (χ3v) is 8.78. The fourth-order valence-electron chi connectivity index (χ4n) is 5.27. The van der Waals surface area contributed by atoms with Gasteiger partial charge < -0.3 is 10.2 Å². The van der Waals surface area contributed by atoms with Crippen molar-refractivity contribution in [2.75, 3.05) is 11.4 Å². The van der Waals surface area contributed by atoms with Gasteiger partial charge in [-0.15, -0.1) is 11.3 Å². The van der Waals surface area contributed by atoms with Crippen LogP contribution in [0.25, 0.3) is 0 Å². The predicted octanol–water partition coefficient (Wildman–Crippen LogP) is 6.70. The predicted molar refractivity (Wildman–Crippen MR) is 139 cm³/mol. The molecule has 0 spiro atoms. The first-order chi connectivity index (χ1) is 16.4. The van der Waals surface area contributed by atoms with Gasteiger partial charge in [-0.25, -0.2) is 0 Å². The minimum Gasteiger partial charge on any atom is -0.355 e. The monoisotopic (exact) mass is 512 g/mol. The van der Waals surface area contributed by atoms with Gasteiger partial charge >= 0.3 is 0 Å². The van der Waals surface area contributed by atoms with Gasteiger partial charge in [0.2, 0.25) is 11.8 Å². The summed E-state index contributed by atoms with van der Waals surface area (Å²) in [6.45, 7) is 2.48. The van der Waals surface area contributed by atoms with Crippen LogP contribution in [-0.2, 0) is 15.0 Å². The van der Waals surface area contributed by atoms with E-state index in [0.717, 1.165) is 41.0 Å². The van der Waals surface area contributed by atoms with E-state index in [9.17, 15) is 9.59 Å². The lowest BCUT2D eigenvalue weighted by Crippen LogP contribution is -2.47. The SMILES string of the molecule is Cc1ccc(N2C(=O)CC(C(=O)NCC3(c4c(Cl)cccc4Cl)CCC3)C2c2cccs2)cc1. The number of amides is 2. The van der Waals surface area contributed by atoms with Crippen molar-refractivity contribution in [2.24, 2.45) is 5.92 Å². The van der Waals surface area contributed by atoms with E-state index in [1.54, 1.807) is 16.2 Å². The van der Waals surface area contributed by atoms with Gasteiger partial charge in [-0.1, -0.05) is 59.5 Å². The van der Waals surface area contributed by atoms with Crippen molar-refractivity contribution in [3.63, 3.8) is 0 Å². The Bertz CT molecular complexity index is 1190. The van der Waals surface area contributed by atoms with E-state index in [1.807, 2.05) is 66.9 Å².